The molecule has 9 rings (SSSR count). The maximum Gasteiger partial charge on any atom is 0.336 e. The maximum absolute atomic E-state index is 13.2. The summed E-state index contributed by atoms with van der Waals surface area (Å²) in [5.74, 6) is -1.71. The minimum Gasteiger partial charge on any atom is -0.484 e. The predicted octanol–water partition coefficient (Wildman–Crippen LogP) is 4.43. The average molecular weight is 1020 g/mol. The van der Waals surface area contributed by atoms with E-state index in [1.807, 2.05) is 12.1 Å². The lowest BCUT2D eigenvalue weighted by Gasteiger charge is -2.20. The molecule has 7 aromatic rings. The number of furan rings is 1. The molecule has 0 bridgehead atoms. The zero-order valence-electron chi connectivity index (χ0n) is 37.4. The Kier molecular flexibility index (Phi) is 12.9. The Morgan fingerprint density at radius 2 is 1.56 bits per heavy atom. The van der Waals surface area contributed by atoms with Crippen LogP contribution in [-0.2, 0) is 38.0 Å². The summed E-state index contributed by atoms with van der Waals surface area (Å²) < 4.78 is 90.1. The SMILES string of the molecule is N=c1ccc2c(-c3ccc(C(=O)NCCCCNC(=O)COc4ccc(CCCn5ncc6c5nc(N)n5nc(-c7ccco7)nc65)cc4)cc3C(=O)O)c3ccc(N)c(S(=O)(=O)O)c3oc-2c1S(=O)(=O)O. The van der Waals surface area contributed by atoms with Crippen molar-refractivity contribution in [1.82, 2.24) is 40.0 Å². The largest absolute Gasteiger partial charge is 0.484 e. The number of nitrogens with zero attached hydrogens (tertiary/aromatic N) is 6. The average Bonchev–Trinajstić information content (AvgIpc) is 4.12. The van der Waals surface area contributed by atoms with Gasteiger partial charge in [0.05, 0.1) is 34.5 Å². The molecule has 4 aromatic heterocycles. The number of ether oxygens (including phenoxy) is 1. The van der Waals surface area contributed by atoms with E-state index in [1.165, 1.54) is 35.0 Å². The molecule has 3 aromatic carbocycles. The van der Waals surface area contributed by atoms with Gasteiger partial charge in [-0.05, 0) is 97.5 Å². The van der Waals surface area contributed by atoms with Crippen LogP contribution >= 0.6 is 0 Å². The number of anilines is 2. The minimum absolute atomic E-state index is 0.0821. The number of carboxylic acids is 1. The quantitative estimate of drug-likeness (QED) is 0.0255. The standard InChI is InChI=1S/C46H41N11O13S2/c47-32-15-13-28-36(29-14-16-33(48)40(72(65,66)67)38(29)70-37(28)39(32)71(62,63)64)27-12-9-25(21-30(27)45(60)61)44(59)51-18-2-1-17-50-35(58)23-69-26-10-7-24(8-11-26)5-3-19-56-42-31(22-52-56)43-53-41(34-6-4-20-68-34)55-57(43)46(49)54-42/h4,6-16,20-22,47H,1-3,5,17-19,23,48H2,(H2,49,54)(H,50,58)(H,51,59)(H,60,61)(H,62,63,64)(H,65,66,67). The Hall–Kier alpha value is -8.72. The third-order valence-electron chi connectivity index (χ3n) is 11.5. The zero-order valence-corrected chi connectivity index (χ0v) is 39.0. The number of carboxylic acid groups (broad SMARTS) is 1. The van der Waals surface area contributed by atoms with E-state index in [0.29, 0.717) is 53.4 Å². The Morgan fingerprint density at radius 1 is 0.819 bits per heavy atom. The van der Waals surface area contributed by atoms with Crippen LogP contribution in [0, 0.1) is 5.41 Å². The number of carbonyl (C=O) groups excluding carboxylic acids is 2. The molecule has 1 aliphatic heterocycles. The Morgan fingerprint density at radius 3 is 2.26 bits per heavy atom. The molecule has 0 radical (unpaired) electrons. The van der Waals surface area contributed by atoms with E-state index in [-0.39, 0.29) is 59.2 Å². The van der Waals surface area contributed by atoms with Crippen molar-refractivity contribution in [3.8, 4) is 39.8 Å². The first-order valence-electron chi connectivity index (χ1n) is 21.7. The molecule has 370 valence electrons. The van der Waals surface area contributed by atoms with E-state index in [0.717, 1.165) is 36.6 Å². The summed E-state index contributed by atoms with van der Waals surface area (Å²) in [5, 5.41) is 32.7. The maximum atomic E-state index is 13.2. The second kappa shape index (κ2) is 19.2. The lowest BCUT2D eigenvalue weighted by Crippen LogP contribution is -2.30. The summed E-state index contributed by atoms with van der Waals surface area (Å²) in [4.78, 5) is 45.6. The van der Waals surface area contributed by atoms with E-state index < -0.39 is 69.9 Å². The number of unbranched alkanes of at least 4 members (excludes halogenated alkanes) is 1. The molecular weight excluding hydrogens is 979 g/mol. The van der Waals surface area contributed by atoms with Crippen molar-refractivity contribution < 1.29 is 59.0 Å². The first kappa shape index (κ1) is 48.3. The van der Waals surface area contributed by atoms with Gasteiger partial charge in [0, 0.05) is 41.7 Å². The van der Waals surface area contributed by atoms with Crippen LogP contribution in [0.5, 0.6) is 5.75 Å². The van der Waals surface area contributed by atoms with Gasteiger partial charge >= 0.3 is 5.97 Å². The Labute approximate surface area is 406 Å². The molecule has 5 heterocycles. The molecule has 72 heavy (non-hydrogen) atoms. The van der Waals surface area contributed by atoms with Crippen LogP contribution in [0.2, 0.25) is 0 Å². The molecule has 26 heteroatoms. The van der Waals surface area contributed by atoms with Crippen LogP contribution < -0.4 is 32.2 Å². The summed E-state index contributed by atoms with van der Waals surface area (Å²) >= 11 is 0. The van der Waals surface area contributed by atoms with Gasteiger partial charge in [0.25, 0.3) is 32.1 Å². The van der Waals surface area contributed by atoms with Gasteiger partial charge in [-0.15, -0.1) is 5.10 Å². The molecule has 2 aliphatic rings. The van der Waals surface area contributed by atoms with Crippen molar-refractivity contribution in [3.05, 3.63) is 113 Å². The third-order valence-corrected chi connectivity index (χ3v) is 13.3. The third kappa shape index (κ3) is 9.60. The van der Waals surface area contributed by atoms with Gasteiger partial charge in [0.1, 0.15) is 5.75 Å². The smallest absolute Gasteiger partial charge is 0.336 e. The highest BCUT2D eigenvalue weighted by Gasteiger charge is 2.32. The first-order valence-corrected chi connectivity index (χ1v) is 24.6. The van der Waals surface area contributed by atoms with E-state index in [9.17, 15) is 45.4 Å². The van der Waals surface area contributed by atoms with Crippen molar-refractivity contribution >= 4 is 77.3 Å². The van der Waals surface area contributed by atoms with Gasteiger partial charge in [0.15, 0.2) is 44.8 Å². The number of rotatable bonds is 18. The summed E-state index contributed by atoms with van der Waals surface area (Å²) in [7, 11) is -10.4. The highest BCUT2D eigenvalue weighted by Crippen LogP contribution is 2.46. The predicted molar refractivity (Wildman–Crippen MR) is 256 cm³/mol. The summed E-state index contributed by atoms with van der Waals surface area (Å²) in [6, 6.07) is 19.0. The molecule has 0 saturated heterocycles. The van der Waals surface area contributed by atoms with Crippen molar-refractivity contribution in [1.29, 1.82) is 5.41 Å². The van der Waals surface area contributed by atoms with Crippen molar-refractivity contribution in [3.63, 3.8) is 0 Å². The topological polar surface area (TPSA) is 377 Å². The number of aromatic carboxylic acids is 1. The lowest BCUT2D eigenvalue weighted by atomic mass is 9.89. The van der Waals surface area contributed by atoms with Crippen LogP contribution in [0.4, 0.5) is 11.6 Å². The van der Waals surface area contributed by atoms with Crippen LogP contribution in [0.25, 0.3) is 61.7 Å². The number of nitrogens with one attached hydrogen (secondary N) is 3. The number of nitrogens with two attached hydrogens (primary N) is 2. The number of fused-ring (bicyclic) bond motifs is 5. The van der Waals surface area contributed by atoms with Crippen molar-refractivity contribution in [2.24, 2.45) is 0 Å². The highest BCUT2D eigenvalue weighted by molar-refractivity contribution is 7.86. The van der Waals surface area contributed by atoms with Crippen LogP contribution in [0.15, 0.2) is 110 Å². The van der Waals surface area contributed by atoms with Crippen molar-refractivity contribution in [2.75, 3.05) is 31.2 Å². The number of hydrogen-bond acceptors (Lipinski definition) is 17. The normalized spacial score (nSPS) is 12.0. The van der Waals surface area contributed by atoms with Gasteiger partial charge in [-0.2, -0.15) is 31.4 Å². The summed E-state index contributed by atoms with van der Waals surface area (Å²) in [6.07, 6.45) is 5.59. The first-order chi connectivity index (χ1) is 34.4. The van der Waals surface area contributed by atoms with E-state index in [1.54, 1.807) is 35.1 Å². The fourth-order valence-corrected chi connectivity index (χ4v) is 9.66. The second-order valence-electron chi connectivity index (χ2n) is 16.2. The van der Waals surface area contributed by atoms with Crippen LogP contribution in [0.3, 0.4) is 0 Å². The molecule has 2 amide bonds. The second-order valence-corrected chi connectivity index (χ2v) is 19.0. The number of benzene rings is 4. The van der Waals surface area contributed by atoms with E-state index >= 15 is 0 Å². The molecule has 0 spiro atoms. The molecule has 0 atom stereocenters. The monoisotopic (exact) mass is 1020 g/mol. The molecule has 10 N–H and O–H groups in total. The summed E-state index contributed by atoms with van der Waals surface area (Å²) in [5.41, 5.74) is 12.0. The number of hydrogen-bond donors (Lipinski definition) is 8. The molecular formula is C46H41N11O13S2. The summed E-state index contributed by atoms with van der Waals surface area (Å²) in [6.45, 7) is 0.759. The van der Waals surface area contributed by atoms with Gasteiger partial charge in [-0.25, -0.2) is 14.5 Å². The molecule has 1 aliphatic carbocycles. The fourth-order valence-electron chi connectivity index (χ4n) is 8.17. The highest BCUT2D eigenvalue weighted by atomic mass is 32.2. The molecule has 0 unspecified atom stereocenters. The number of amides is 2. The molecule has 0 fully saturated rings. The zero-order chi connectivity index (χ0) is 51.1. The van der Waals surface area contributed by atoms with Crippen LogP contribution in [-0.4, -0.2) is 97.9 Å². The van der Waals surface area contributed by atoms with Crippen LogP contribution in [0.1, 0.15) is 45.5 Å². The number of aromatic nitrogens is 6. The van der Waals surface area contributed by atoms with E-state index in [2.05, 4.69) is 30.8 Å². The van der Waals surface area contributed by atoms with Gasteiger partial charge in [-0.1, -0.05) is 18.2 Å². The number of aryl methyl sites for hydroxylation is 2. The van der Waals surface area contributed by atoms with Gasteiger partial charge in [0.2, 0.25) is 11.8 Å². The number of carbonyl (C=O) groups is 3. The Bertz CT molecular complexity index is 3870. The molecule has 0 saturated carbocycles. The van der Waals surface area contributed by atoms with Gasteiger partial charge < -0.3 is 40.8 Å². The number of nitrogen functional groups attached to an aromatic ring is 2. The lowest BCUT2D eigenvalue weighted by molar-refractivity contribution is -0.123. The van der Waals surface area contributed by atoms with Crippen molar-refractivity contribution in [2.45, 2.75) is 42.0 Å². The fraction of sp³-hybridized carbons (Fsp3) is 0.174. The minimum atomic E-state index is -5.21. The van der Waals surface area contributed by atoms with Gasteiger partial charge in [-0.3, -0.25) is 24.1 Å². The Balaban J connectivity index is 0.763. The molecule has 24 nitrogen and oxygen atoms in total. The van der Waals surface area contributed by atoms with E-state index in [4.69, 9.17) is 30.4 Å².